The maximum Gasteiger partial charge on any atom is 0.471 e. The standard InChI is InChI=1S/C22H23ClF3NO5S/c1-21(2,3)13-19(28)32-18-9-8-16(12-17(18)23)33(30,31)15-6-4-14(5-7-15)10-11-27-20(29)22(24,25)26/h4-9,12H,10-11,13H2,1-3H3,(H,27,29). The smallest absolute Gasteiger partial charge is 0.425 e. The number of hydrogen-bond donors (Lipinski definition) is 1. The van der Waals surface area contributed by atoms with E-state index in [-0.39, 0.29) is 45.4 Å². The third-order valence-corrected chi connectivity index (χ3v) is 6.37. The van der Waals surface area contributed by atoms with Crippen molar-refractivity contribution in [3.05, 3.63) is 53.1 Å². The van der Waals surface area contributed by atoms with E-state index in [4.69, 9.17) is 16.3 Å². The van der Waals surface area contributed by atoms with Crippen LogP contribution in [-0.2, 0) is 25.8 Å². The van der Waals surface area contributed by atoms with Crippen molar-refractivity contribution in [1.82, 2.24) is 5.32 Å². The molecule has 0 saturated carbocycles. The summed E-state index contributed by atoms with van der Waals surface area (Å²) >= 11 is 6.12. The summed E-state index contributed by atoms with van der Waals surface area (Å²) in [5.41, 5.74) is 0.249. The second-order valence-electron chi connectivity index (χ2n) is 8.45. The van der Waals surface area contributed by atoms with Crippen LogP contribution in [0.25, 0.3) is 0 Å². The van der Waals surface area contributed by atoms with Gasteiger partial charge in [0.2, 0.25) is 9.84 Å². The van der Waals surface area contributed by atoms with Gasteiger partial charge in [0.05, 0.1) is 21.2 Å². The van der Waals surface area contributed by atoms with Crippen molar-refractivity contribution >= 4 is 33.3 Å². The van der Waals surface area contributed by atoms with Crippen molar-refractivity contribution in [2.75, 3.05) is 6.54 Å². The summed E-state index contributed by atoms with van der Waals surface area (Å²) in [5, 5.41) is 1.70. The lowest BCUT2D eigenvalue weighted by atomic mass is 9.92. The zero-order valence-corrected chi connectivity index (χ0v) is 19.7. The van der Waals surface area contributed by atoms with Crippen molar-refractivity contribution in [2.24, 2.45) is 5.41 Å². The van der Waals surface area contributed by atoms with Gasteiger partial charge in [-0.05, 0) is 47.7 Å². The Bertz CT molecular complexity index is 1120. The molecule has 0 aliphatic carbocycles. The van der Waals surface area contributed by atoms with Crippen LogP contribution in [0, 0.1) is 5.41 Å². The van der Waals surface area contributed by atoms with Crippen LogP contribution in [0.2, 0.25) is 5.02 Å². The molecule has 0 saturated heterocycles. The molecule has 0 radical (unpaired) electrons. The van der Waals surface area contributed by atoms with Crippen LogP contribution in [0.5, 0.6) is 5.75 Å². The maximum absolute atomic E-state index is 12.9. The molecule has 6 nitrogen and oxygen atoms in total. The van der Waals surface area contributed by atoms with E-state index in [2.05, 4.69) is 0 Å². The SMILES string of the molecule is CC(C)(C)CC(=O)Oc1ccc(S(=O)(=O)c2ccc(CCNC(=O)C(F)(F)F)cc2)cc1Cl. The molecule has 180 valence electrons. The van der Waals surface area contributed by atoms with Gasteiger partial charge in [-0.15, -0.1) is 0 Å². The Morgan fingerprint density at radius 3 is 2.09 bits per heavy atom. The van der Waals surface area contributed by atoms with Crippen molar-refractivity contribution in [1.29, 1.82) is 0 Å². The molecule has 0 unspecified atom stereocenters. The van der Waals surface area contributed by atoms with Crippen LogP contribution in [0.3, 0.4) is 0 Å². The number of benzene rings is 2. The minimum atomic E-state index is -4.96. The fourth-order valence-electron chi connectivity index (χ4n) is 2.72. The minimum Gasteiger partial charge on any atom is -0.425 e. The highest BCUT2D eigenvalue weighted by Crippen LogP contribution is 2.31. The van der Waals surface area contributed by atoms with E-state index in [1.54, 1.807) is 5.32 Å². The molecule has 0 spiro atoms. The fourth-order valence-corrected chi connectivity index (χ4v) is 4.29. The number of carbonyl (C=O) groups excluding carboxylic acids is 2. The van der Waals surface area contributed by atoms with Crippen LogP contribution in [0.15, 0.2) is 52.3 Å². The number of carbonyl (C=O) groups is 2. The lowest BCUT2D eigenvalue weighted by Crippen LogP contribution is -2.37. The molecule has 2 aromatic rings. The Balaban J connectivity index is 2.09. The van der Waals surface area contributed by atoms with Crippen molar-refractivity contribution < 1.29 is 35.9 Å². The first-order valence-electron chi connectivity index (χ1n) is 9.79. The van der Waals surface area contributed by atoms with Gasteiger partial charge in [0.15, 0.2) is 0 Å². The lowest BCUT2D eigenvalue weighted by molar-refractivity contribution is -0.173. The molecule has 33 heavy (non-hydrogen) atoms. The first-order valence-corrected chi connectivity index (χ1v) is 11.6. The summed E-state index contributed by atoms with van der Waals surface area (Å²) < 4.78 is 67.6. The number of ether oxygens (including phenoxy) is 1. The molecule has 0 heterocycles. The predicted molar refractivity (Wildman–Crippen MR) is 116 cm³/mol. The van der Waals surface area contributed by atoms with Gasteiger partial charge in [-0.1, -0.05) is 44.5 Å². The van der Waals surface area contributed by atoms with E-state index in [1.807, 2.05) is 20.8 Å². The number of nitrogens with one attached hydrogen (secondary N) is 1. The summed E-state index contributed by atoms with van der Waals surface area (Å²) in [7, 11) is -3.95. The molecule has 0 atom stereocenters. The molecule has 2 aromatic carbocycles. The molecule has 11 heteroatoms. The number of hydrogen-bond acceptors (Lipinski definition) is 5. The summed E-state index contributed by atoms with van der Waals surface area (Å²) in [6.07, 6.45) is -4.72. The van der Waals surface area contributed by atoms with Gasteiger partial charge in [0.25, 0.3) is 0 Å². The molecule has 1 amide bonds. The number of halogens is 4. The molecule has 2 rings (SSSR count). The fraction of sp³-hybridized carbons (Fsp3) is 0.364. The molecule has 0 bridgehead atoms. The molecular weight excluding hydrogens is 483 g/mol. The van der Waals surface area contributed by atoms with E-state index in [0.717, 1.165) is 0 Å². The summed E-state index contributed by atoms with van der Waals surface area (Å²) in [4.78, 5) is 22.6. The molecule has 0 aliphatic heterocycles. The summed E-state index contributed by atoms with van der Waals surface area (Å²) in [6.45, 7) is 5.36. The van der Waals surface area contributed by atoms with Crippen molar-refractivity contribution in [2.45, 2.75) is 49.6 Å². The Kier molecular flexibility index (Phi) is 8.18. The second-order valence-corrected chi connectivity index (χ2v) is 10.8. The Morgan fingerprint density at radius 2 is 1.58 bits per heavy atom. The quantitative estimate of drug-likeness (QED) is 0.434. The van der Waals surface area contributed by atoms with Gasteiger partial charge in [-0.2, -0.15) is 13.2 Å². The number of amides is 1. The van der Waals surface area contributed by atoms with Crippen LogP contribution in [0.1, 0.15) is 32.8 Å². The average molecular weight is 506 g/mol. The molecule has 0 aliphatic rings. The zero-order valence-electron chi connectivity index (χ0n) is 18.1. The van der Waals surface area contributed by atoms with Gasteiger partial charge < -0.3 is 10.1 Å². The van der Waals surface area contributed by atoms with Gasteiger partial charge >= 0.3 is 18.1 Å². The van der Waals surface area contributed by atoms with Crippen LogP contribution < -0.4 is 10.1 Å². The first-order chi connectivity index (χ1) is 15.1. The summed E-state index contributed by atoms with van der Waals surface area (Å²) in [5.74, 6) is -2.49. The minimum absolute atomic E-state index is 0.0427. The van der Waals surface area contributed by atoms with E-state index >= 15 is 0 Å². The van der Waals surface area contributed by atoms with E-state index in [9.17, 15) is 31.2 Å². The number of esters is 1. The Morgan fingerprint density at radius 1 is 1.00 bits per heavy atom. The Labute approximate surface area is 195 Å². The summed E-state index contributed by atoms with van der Waals surface area (Å²) in [6, 6.07) is 9.24. The number of sulfone groups is 1. The zero-order chi connectivity index (χ0) is 25.0. The van der Waals surface area contributed by atoms with Gasteiger partial charge in [0.1, 0.15) is 5.75 Å². The molecule has 0 aromatic heterocycles. The number of rotatable bonds is 7. The number of alkyl halides is 3. The van der Waals surface area contributed by atoms with E-state index < -0.39 is 27.9 Å². The van der Waals surface area contributed by atoms with E-state index in [1.165, 1.54) is 42.5 Å². The predicted octanol–water partition coefficient (Wildman–Crippen LogP) is 4.74. The molecular formula is C22H23ClF3NO5S. The first kappa shape index (κ1) is 26.7. The van der Waals surface area contributed by atoms with Crippen LogP contribution in [0.4, 0.5) is 13.2 Å². The average Bonchev–Trinajstić information content (AvgIpc) is 2.67. The van der Waals surface area contributed by atoms with Gasteiger partial charge in [-0.25, -0.2) is 8.42 Å². The largest absolute Gasteiger partial charge is 0.471 e. The highest BCUT2D eigenvalue weighted by atomic mass is 35.5. The third-order valence-electron chi connectivity index (χ3n) is 4.30. The maximum atomic E-state index is 12.9. The van der Waals surface area contributed by atoms with Crippen molar-refractivity contribution in [3.8, 4) is 5.75 Å². The second kappa shape index (κ2) is 10.1. The monoisotopic (exact) mass is 505 g/mol. The lowest BCUT2D eigenvalue weighted by Gasteiger charge is -2.17. The van der Waals surface area contributed by atoms with Gasteiger partial charge in [0, 0.05) is 6.54 Å². The molecule has 1 N–H and O–H groups in total. The van der Waals surface area contributed by atoms with Gasteiger partial charge in [-0.3, -0.25) is 9.59 Å². The van der Waals surface area contributed by atoms with Crippen LogP contribution in [-0.4, -0.2) is 33.0 Å². The van der Waals surface area contributed by atoms with E-state index in [0.29, 0.717) is 5.56 Å². The normalized spacial score (nSPS) is 12.3. The highest BCUT2D eigenvalue weighted by molar-refractivity contribution is 7.91. The topological polar surface area (TPSA) is 89.5 Å². The Hall–Kier alpha value is -2.59. The third kappa shape index (κ3) is 7.75. The highest BCUT2D eigenvalue weighted by Gasteiger charge is 2.38. The van der Waals surface area contributed by atoms with Crippen LogP contribution >= 0.6 is 11.6 Å². The van der Waals surface area contributed by atoms with Crippen molar-refractivity contribution in [3.63, 3.8) is 0 Å². The molecule has 0 fully saturated rings.